The lowest BCUT2D eigenvalue weighted by Crippen LogP contribution is -3.00. The minimum Gasteiger partial charge on any atom is -1.00 e. The van der Waals surface area contributed by atoms with Crippen molar-refractivity contribution in [2.75, 3.05) is 0 Å². The second-order valence-electron chi connectivity index (χ2n) is 8.89. The van der Waals surface area contributed by atoms with Gasteiger partial charge in [-0.15, -0.1) is 11.8 Å². The smallest absolute Gasteiger partial charge is 0.258 e. The Labute approximate surface area is 252 Å². The number of hydrogen-bond donors (Lipinski definition) is 1. The van der Waals surface area contributed by atoms with Crippen molar-refractivity contribution in [1.29, 1.82) is 0 Å². The van der Waals surface area contributed by atoms with E-state index in [1.165, 1.54) is 0 Å². The molecule has 40 heavy (non-hydrogen) atoms. The van der Waals surface area contributed by atoms with Crippen LogP contribution >= 0.6 is 30.6 Å². The molecule has 2 nitrogen and oxygen atoms in total. The fourth-order valence-electron chi connectivity index (χ4n) is 4.61. The summed E-state index contributed by atoms with van der Waals surface area (Å²) < 4.78 is 0.577. The zero-order valence-corrected chi connectivity index (χ0v) is 24.9. The molecule has 0 aromatic heterocycles. The number of rotatable bonds is 9. The fraction of sp³-hybridized carbons (Fsp3) is 0.0294. The molecular weight excluding hydrogens is 572 g/mol. The summed E-state index contributed by atoms with van der Waals surface area (Å²) >= 11 is 8.86. The third-order valence-corrected chi connectivity index (χ3v) is 12.4. The Balaban J connectivity index is 0.00000370. The maximum absolute atomic E-state index is 13.8. The van der Waals surface area contributed by atoms with E-state index in [0.29, 0.717) is 15.7 Å². The van der Waals surface area contributed by atoms with Crippen molar-refractivity contribution >= 4 is 52.4 Å². The number of nitrogens with one attached hydrogen (secondary N) is 1. The number of hydrogen-bond acceptors (Lipinski definition) is 2. The van der Waals surface area contributed by atoms with Gasteiger partial charge in [-0.05, 0) is 54.1 Å². The summed E-state index contributed by atoms with van der Waals surface area (Å²) in [4.78, 5) is 13.8. The molecule has 0 saturated carbocycles. The monoisotopic (exact) mass is 599 g/mol. The Bertz CT molecular complexity index is 1440. The van der Waals surface area contributed by atoms with E-state index in [4.69, 9.17) is 11.6 Å². The molecule has 5 rings (SSSR count). The summed E-state index contributed by atoms with van der Waals surface area (Å²) in [6.45, 7) is 0. The van der Waals surface area contributed by atoms with Crippen LogP contribution in [-0.2, 0) is 5.75 Å². The van der Waals surface area contributed by atoms with Crippen molar-refractivity contribution in [3.05, 3.63) is 173 Å². The Hall–Kier alpha value is -3.33. The SMILES string of the molecule is O=C(N/C(=C(\Cl)SCc1ccccc1)[P+](c1ccccc1)(c1ccccc1)c1ccccc1)c1ccccc1.[Cl-]. The first kappa shape index (κ1) is 29.6. The predicted molar refractivity (Wildman–Crippen MR) is 170 cm³/mol. The molecular formula is C34H28Cl2NOPS. The molecule has 1 N–H and O–H groups in total. The lowest BCUT2D eigenvalue weighted by Gasteiger charge is -2.30. The second kappa shape index (κ2) is 14.3. The van der Waals surface area contributed by atoms with Gasteiger partial charge in [-0.1, -0.05) is 115 Å². The van der Waals surface area contributed by atoms with Gasteiger partial charge in [-0.3, -0.25) is 10.1 Å². The molecule has 0 bridgehead atoms. The molecule has 0 aliphatic heterocycles. The Morgan fingerprint density at radius 1 is 0.600 bits per heavy atom. The fourth-order valence-corrected chi connectivity index (χ4v) is 10.5. The van der Waals surface area contributed by atoms with Crippen molar-refractivity contribution in [2.24, 2.45) is 0 Å². The lowest BCUT2D eigenvalue weighted by atomic mass is 10.2. The number of thioether (sulfide) groups is 1. The summed E-state index contributed by atoms with van der Waals surface area (Å²) in [7, 11) is -2.62. The molecule has 200 valence electrons. The van der Waals surface area contributed by atoms with Crippen LogP contribution in [0, 0.1) is 0 Å². The van der Waals surface area contributed by atoms with Gasteiger partial charge < -0.3 is 12.4 Å². The van der Waals surface area contributed by atoms with Gasteiger partial charge in [-0.2, -0.15) is 0 Å². The summed E-state index contributed by atoms with van der Waals surface area (Å²) in [5, 5.41) is 6.69. The molecule has 0 aliphatic rings. The van der Waals surface area contributed by atoms with Gasteiger partial charge in [0.2, 0.25) is 5.44 Å². The molecule has 0 aliphatic carbocycles. The van der Waals surface area contributed by atoms with Crippen LogP contribution in [-0.4, -0.2) is 5.91 Å². The van der Waals surface area contributed by atoms with Crippen LogP contribution in [0.5, 0.6) is 0 Å². The Morgan fingerprint density at radius 3 is 1.40 bits per heavy atom. The van der Waals surface area contributed by atoms with Gasteiger partial charge in [0.25, 0.3) is 5.91 Å². The average Bonchev–Trinajstić information content (AvgIpc) is 3.02. The van der Waals surface area contributed by atoms with Crippen LogP contribution in [0.3, 0.4) is 0 Å². The maximum atomic E-state index is 13.8. The van der Waals surface area contributed by atoms with Gasteiger partial charge in [0.15, 0.2) is 7.26 Å². The first-order valence-electron chi connectivity index (χ1n) is 12.7. The first-order chi connectivity index (χ1) is 19.2. The number of carbonyl (C=O) groups excluding carboxylic acids is 1. The van der Waals surface area contributed by atoms with Crippen molar-refractivity contribution < 1.29 is 17.2 Å². The van der Waals surface area contributed by atoms with E-state index >= 15 is 0 Å². The molecule has 0 unspecified atom stereocenters. The highest BCUT2D eigenvalue weighted by atomic mass is 35.5. The summed E-state index contributed by atoms with van der Waals surface area (Å²) in [5.41, 5.74) is 2.49. The highest BCUT2D eigenvalue weighted by Gasteiger charge is 2.52. The van der Waals surface area contributed by atoms with E-state index in [-0.39, 0.29) is 18.3 Å². The lowest BCUT2D eigenvalue weighted by molar-refractivity contribution is -0.0000156. The third-order valence-electron chi connectivity index (χ3n) is 6.43. The highest BCUT2D eigenvalue weighted by molar-refractivity contribution is 8.05. The molecule has 6 heteroatoms. The largest absolute Gasteiger partial charge is 1.00 e. The second-order valence-corrected chi connectivity index (χ2v) is 13.8. The van der Waals surface area contributed by atoms with E-state index in [0.717, 1.165) is 26.9 Å². The predicted octanol–water partition coefficient (Wildman–Crippen LogP) is 4.71. The normalized spacial score (nSPS) is 11.6. The van der Waals surface area contributed by atoms with Crippen LogP contribution in [0.1, 0.15) is 15.9 Å². The zero-order chi connectivity index (χ0) is 26.9. The molecule has 0 radical (unpaired) electrons. The zero-order valence-electron chi connectivity index (χ0n) is 21.7. The summed E-state index contributed by atoms with van der Waals surface area (Å²) in [6, 6.07) is 50.8. The van der Waals surface area contributed by atoms with Gasteiger partial charge in [-0.25, -0.2) is 0 Å². The molecule has 0 heterocycles. The summed E-state index contributed by atoms with van der Waals surface area (Å²) in [5.74, 6) is 0.499. The maximum Gasteiger partial charge on any atom is 0.258 e. The molecule has 0 atom stereocenters. The Kier molecular flexibility index (Phi) is 10.6. The van der Waals surface area contributed by atoms with E-state index in [2.05, 4.69) is 90.2 Å². The van der Waals surface area contributed by atoms with Crippen molar-refractivity contribution in [2.45, 2.75) is 5.75 Å². The molecule has 0 fully saturated rings. The number of halogens is 2. The first-order valence-corrected chi connectivity index (χ1v) is 15.8. The highest BCUT2D eigenvalue weighted by Crippen LogP contribution is 2.63. The van der Waals surface area contributed by atoms with E-state index in [1.807, 2.05) is 66.7 Å². The van der Waals surface area contributed by atoms with Gasteiger partial charge in [0.1, 0.15) is 20.3 Å². The van der Waals surface area contributed by atoms with Crippen LogP contribution in [0.4, 0.5) is 0 Å². The molecule has 1 amide bonds. The average molecular weight is 601 g/mol. The van der Waals surface area contributed by atoms with E-state index < -0.39 is 7.26 Å². The van der Waals surface area contributed by atoms with E-state index in [9.17, 15) is 4.79 Å². The molecule has 5 aromatic carbocycles. The standard InChI is InChI=1S/C34H27ClNOPS.ClH/c35-32(39-26-27-16-6-1-7-17-27)34(36-33(37)28-18-8-2-9-19-28)38(29-20-10-3-11-21-29,30-22-12-4-13-23-30)31-24-14-5-15-25-31;/h1-25H,26H2;1H/b34-32-;. The van der Waals surface area contributed by atoms with Crippen molar-refractivity contribution in [1.82, 2.24) is 5.32 Å². The van der Waals surface area contributed by atoms with Crippen LogP contribution in [0.15, 0.2) is 161 Å². The minimum absolute atomic E-state index is 0. The minimum atomic E-state index is -2.62. The van der Waals surface area contributed by atoms with Crippen molar-refractivity contribution in [3.8, 4) is 0 Å². The summed E-state index contributed by atoms with van der Waals surface area (Å²) in [6.07, 6.45) is 0. The van der Waals surface area contributed by atoms with Crippen LogP contribution in [0.2, 0.25) is 0 Å². The number of carbonyl (C=O) groups is 1. The number of benzene rings is 5. The van der Waals surface area contributed by atoms with Crippen LogP contribution < -0.4 is 33.6 Å². The topological polar surface area (TPSA) is 29.1 Å². The van der Waals surface area contributed by atoms with Crippen molar-refractivity contribution in [3.63, 3.8) is 0 Å². The quantitative estimate of drug-likeness (QED) is 0.249. The molecule has 5 aromatic rings. The molecule has 0 spiro atoms. The molecule has 0 saturated heterocycles. The van der Waals surface area contributed by atoms with Crippen LogP contribution in [0.25, 0.3) is 0 Å². The number of amides is 1. The van der Waals surface area contributed by atoms with Gasteiger partial charge in [0, 0.05) is 11.3 Å². The van der Waals surface area contributed by atoms with E-state index in [1.54, 1.807) is 11.8 Å². The third kappa shape index (κ3) is 6.52. The van der Waals surface area contributed by atoms with Gasteiger partial charge in [0.05, 0.1) is 0 Å². The Morgan fingerprint density at radius 2 is 0.975 bits per heavy atom. The van der Waals surface area contributed by atoms with Gasteiger partial charge >= 0.3 is 0 Å².